The van der Waals surface area contributed by atoms with E-state index in [0.717, 1.165) is 23.4 Å². The molecule has 1 aromatic carbocycles. The van der Waals surface area contributed by atoms with Gasteiger partial charge in [-0.2, -0.15) is 0 Å². The van der Waals surface area contributed by atoms with E-state index in [1.165, 1.54) is 0 Å². The molecule has 1 aromatic rings. The highest BCUT2D eigenvalue weighted by Gasteiger charge is 2.17. The molecule has 0 atom stereocenters. The fourth-order valence-electron chi connectivity index (χ4n) is 1.81. The molecule has 0 aliphatic heterocycles. The average Bonchev–Trinajstić information content (AvgIpc) is 2.26. The predicted molar refractivity (Wildman–Crippen MR) is 81.3 cm³/mol. The average molecular weight is 266 g/mol. The van der Waals surface area contributed by atoms with Gasteiger partial charge in [-0.25, -0.2) is 0 Å². The van der Waals surface area contributed by atoms with Crippen molar-refractivity contribution in [1.82, 2.24) is 0 Å². The molecular weight excluding hydrogens is 244 g/mol. The van der Waals surface area contributed by atoms with Crippen LogP contribution in [0, 0.1) is 6.92 Å². The highest BCUT2D eigenvalue weighted by atomic mass is 32.1. The SMILES string of the molecule is CCOC(C)(C)CNc1ccc(C(N)=S)c(C)c1. The molecule has 18 heavy (non-hydrogen) atoms. The van der Waals surface area contributed by atoms with Crippen molar-refractivity contribution >= 4 is 22.9 Å². The maximum Gasteiger partial charge on any atom is 0.104 e. The predicted octanol–water partition coefficient (Wildman–Crippen LogP) is 2.86. The summed E-state index contributed by atoms with van der Waals surface area (Å²) in [5.41, 5.74) is 8.53. The van der Waals surface area contributed by atoms with E-state index >= 15 is 0 Å². The summed E-state index contributed by atoms with van der Waals surface area (Å²) in [7, 11) is 0. The van der Waals surface area contributed by atoms with Crippen molar-refractivity contribution in [2.75, 3.05) is 18.5 Å². The van der Waals surface area contributed by atoms with E-state index in [2.05, 4.69) is 25.2 Å². The second kappa shape index (κ2) is 6.16. The quantitative estimate of drug-likeness (QED) is 0.777. The molecule has 0 heterocycles. The molecule has 0 spiro atoms. The van der Waals surface area contributed by atoms with E-state index in [1.807, 2.05) is 26.0 Å². The fourth-order valence-corrected chi connectivity index (χ4v) is 2.04. The Labute approximate surface area is 115 Å². The van der Waals surface area contributed by atoms with Gasteiger partial charge in [0.15, 0.2) is 0 Å². The van der Waals surface area contributed by atoms with Crippen LogP contribution in [0.25, 0.3) is 0 Å². The van der Waals surface area contributed by atoms with Crippen molar-refractivity contribution in [3.05, 3.63) is 29.3 Å². The minimum Gasteiger partial charge on any atom is -0.389 e. The maximum atomic E-state index is 5.64. The maximum absolute atomic E-state index is 5.64. The van der Waals surface area contributed by atoms with E-state index in [9.17, 15) is 0 Å². The second-order valence-corrected chi connectivity index (χ2v) is 5.38. The number of hydrogen-bond donors (Lipinski definition) is 2. The number of thiocarbonyl (C=S) groups is 1. The lowest BCUT2D eigenvalue weighted by Gasteiger charge is -2.25. The van der Waals surface area contributed by atoms with Crippen LogP contribution in [0.15, 0.2) is 18.2 Å². The molecule has 4 heteroatoms. The highest BCUT2D eigenvalue weighted by Crippen LogP contribution is 2.17. The lowest BCUT2D eigenvalue weighted by molar-refractivity contribution is 0.000697. The third-order valence-corrected chi connectivity index (χ3v) is 2.97. The first kappa shape index (κ1) is 14.9. The van der Waals surface area contributed by atoms with E-state index in [0.29, 0.717) is 11.6 Å². The van der Waals surface area contributed by atoms with Crippen LogP contribution in [-0.2, 0) is 4.74 Å². The van der Waals surface area contributed by atoms with Crippen LogP contribution >= 0.6 is 12.2 Å². The number of benzene rings is 1. The molecule has 0 radical (unpaired) electrons. The summed E-state index contributed by atoms with van der Waals surface area (Å²) in [5, 5.41) is 3.37. The number of ether oxygens (including phenoxy) is 1. The number of rotatable bonds is 6. The van der Waals surface area contributed by atoms with Crippen molar-refractivity contribution < 1.29 is 4.74 Å². The molecule has 0 saturated heterocycles. The molecule has 0 bridgehead atoms. The standard InChI is InChI=1S/C14H22N2OS/c1-5-17-14(3,4)9-16-11-6-7-12(13(15)18)10(2)8-11/h6-8,16H,5,9H2,1-4H3,(H2,15,18). The summed E-state index contributed by atoms with van der Waals surface area (Å²) >= 11 is 4.99. The lowest BCUT2D eigenvalue weighted by Crippen LogP contribution is -2.33. The van der Waals surface area contributed by atoms with Gasteiger partial charge < -0.3 is 15.8 Å². The van der Waals surface area contributed by atoms with Gasteiger partial charge in [0.25, 0.3) is 0 Å². The molecule has 3 N–H and O–H groups in total. The van der Waals surface area contributed by atoms with Crippen LogP contribution in [0.1, 0.15) is 31.9 Å². The normalized spacial score (nSPS) is 11.3. The van der Waals surface area contributed by atoms with E-state index in [4.69, 9.17) is 22.7 Å². The summed E-state index contributed by atoms with van der Waals surface area (Å²) in [6, 6.07) is 5.99. The third kappa shape index (κ3) is 4.27. The molecule has 1 rings (SSSR count). The number of nitrogens with two attached hydrogens (primary N) is 1. The van der Waals surface area contributed by atoms with Gasteiger partial charge in [0, 0.05) is 24.4 Å². The summed E-state index contributed by atoms with van der Waals surface area (Å²) in [5.74, 6) is 0. The highest BCUT2D eigenvalue weighted by molar-refractivity contribution is 7.80. The Morgan fingerprint density at radius 3 is 2.61 bits per heavy atom. The van der Waals surface area contributed by atoms with Crippen LogP contribution < -0.4 is 11.1 Å². The fraction of sp³-hybridized carbons (Fsp3) is 0.500. The van der Waals surface area contributed by atoms with Gasteiger partial charge in [0.2, 0.25) is 0 Å². The number of hydrogen-bond acceptors (Lipinski definition) is 3. The van der Waals surface area contributed by atoms with Gasteiger partial charge in [0.1, 0.15) is 4.99 Å². The van der Waals surface area contributed by atoms with Crippen LogP contribution in [0.5, 0.6) is 0 Å². The zero-order valence-electron chi connectivity index (χ0n) is 11.5. The van der Waals surface area contributed by atoms with E-state index in [1.54, 1.807) is 0 Å². The largest absolute Gasteiger partial charge is 0.389 e. The van der Waals surface area contributed by atoms with Gasteiger partial charge in [-0.3, -0.25) is 0 Å². The van der Waals surface area contributed by atoms with Crippen molar-refractivity contribution in [2.24, 2.45) is 5.73 Å². The second-order valence-electron chi connectivity index (χ2n) is 4.94. The molecule has 0 saturated carbocycles. The van der Waals surface area contributed by atoms with Crippen molar-refractivity contribution in [3.63, 3.8) is 0 Å². The number of aryl methyl sites for hydroxylation is 1. The first-order valence-corrected chi connectivity index (χ1v) is 6.55. The molecule has 0 amide bonds. The number of nitrogens with one attached hydrogen (secondary N) is 1. The Kier molecular flexibility index (Phi) is 5.11. The zero-order valence-corrected chi connectivity index (χ0v) is 12.4. The minimum atomic E-state index is -0.176. The zero-order chi connectivity index (χ0) is 13.8. The lowest BCUT2D eigenvalue weighted by atomic mass is 10.1. The van der Waals surface area contributed by atoms with Gasteiger partial charge in [-0.05, 0) is 51.5 Å². The molecule has 0 aliphatic carbocycles. The van der Waals surface area contributed by atoms with E-state index in [-0.39, 0.29) is 5.60 Å². The van der Waals surface area contributed by atoms with Gasteiger partial charge in [-0.1, -0.05) is 12.2 Å². The first-order chi connectivity index (χ1) is 8.35. The molecule has 3 nitrogen and oxygen atoms in total. The molecule has 0 aromatic heterocycles. The molecule has 0 fully saturated rings. The summed E-state index contributed by atoms with van der Waals surface area (Å²) in [6.45, 7) is 9.62. The Balaban J connectivity index is 2.70. The summed E-state index contributed by atoms with van der Waals surface area (Å²) < 4.78 is 5.64. The molecule has 0 unspecified atom stereocenters. The number of anilines is 1. The summed E-state index contributed by atoms with van der Waals surface area (Å²) in [6.07, 6.45) is 0. The monoisotopic (exact) mass is 266 g/mol. The Morgan fingerprint density at radius 2 is 2.11 bits per heavy atom. The van der Waals surface area contributed by atoms with Crippen molar-refractivity contribution in [1.29, 1.82) is 0 Å². The van der Waals surface area contributed by atoms with Crippen LogP contribution in [-0.4, -0.2) is 23.7 Å². The van der Waals surface area contributed by atoms with Crippen molar-refractivity contribution in [2.45, 2.75) is 33.3 Å². The molecule has 0 aliphatic rings. The van der Waals surface area contributed by atoms with Gasteiger partial charge >= 0.3 is 0 Å². The Morgan fingerprint density at radius 1 is 1.44 bits per heavy atom. The smallest absolute Gasteiger partial charge is 0.104 e. The van der Waals surface area contributed by atoms with Gasteiger partial charge in [0.05, 0.1) is 5.60 Å². The van der Waals surface area contributed by atoms with Crippen LogP contribution in [0.2, 0.25) is 0 Å². The Bertz CT molecular complexity index is 430. The topological polar surface area (TPSA) is 47.3 Å². The van der Waals surface area contributed by atoms with Crippen molar-refractivity contribution in [3.8, 4) is 0 Å². The summed E-state index contributed by atoms with van der Waals surface area (Å²) in [4.78, 5) is 0.439. The van der Waals surface area contributed by atoms with Gasteiger partial charge in [-0.15, -0.1) is 0 Å². The van der Waals surface area contributed by atoms with Crippen LogP contribution in [0.4, 0.5) is 5.69 Å². The Hall–Kier alpha value is -1.13. The molecule has 100 valence electrons. The first-order valence-electron chi connectivity index (χ1n) is 6.14. The van der Waals surface area contributed by atoms with Crippen LogP contribution in [0.3, 0.4) is 0 Å². The third-order valence-electron chi connectivity index (χ3n) is 2.75. The minimum absolute atomic E-state index is 0.176. The van der Waals surface area contributed by atoms with E-state index < -0.39 is 0 Å². The molecular formula is C14H22N2OS.